The summed E-state index contributed by atoms with van der Waals surface area (Å²) in [6.45, 7) is 4.86. The fraction of sp³-hybridized carbons (Fsp3) is 0.571. The van der Waals surface area contributed by atoms with Crippen LogP contribution in [-0.2, 0) is 0 Å². The molecule has 0 bridgehead atoms. The predicted octanol–water partition coefficient (Wildman–Crippen LogP) is 1.88. The number of nitrogen functional groups attached to an aromatic ring is 1. The summed E-state index contributed by atoms with van der Waals surface area (Å²) in [4.78, 5) is 2.33. The molecule has 0 atom stereocenters. The minimum absolute atomic E-state index is 0.305. The molecule has 0 aromatic heterocycles. The number of piperidine rings is 1. The highest BCUT2D eigenvalue weighted by Crippen LogP contribution is 2.30. The van der Waals surface area contributed by atoms with E-state index in [0.29, 0.717) is 24.8 Å². The lowest BCUT2D eigenvalue weighted by atomic mass is 9.97. The van der Waals surface area contributed by atoms with Crippen molar-refractivity contribution in [3.05, 3.63) is 18.2 Å². The number of nitrogens with zero attached hydrogens (tertiary/aromatic N) is 1. The van der Waals surface area contributed by atoms with Crippen LogP contribution in [-0.4, -0.2) is 31.4 Å². The molecule has 1 heterocycles. The predicted molar refractivity (Wildman–Crippen MR) is 74.0 cm³/mol. The first kappa shape index (κ1) is 13.0. The van der Waals surface area contributed by atoms with Crippen molar-refractivity contribution in [3.8, 4) is 5.75 Å². The number of hydrogen-bond acceptors (Lipinski definition) is 4. The average Bonchev–Trinajstić information content (AvgIpc) is 2.42. The minimum atomic E-state index is 0.305. The molecule has 4 heteroatoms. The van der Waals surface area contributed by atoms with Crippen molar-refractivity contribution < 1.29 is 9.84 Å². The van der Waals surface area contributed by atoms with E-state index in [2.05, 4.69) is 4.90 Å². The smallest absolute Gasteiger partial charge is 0.144 e. The molecule has 0 spiro atoms. The summed E-state index contributed by atoms with van der Waals surface area (Å²) in [5.74, 6) is 1.22. The number of anilines is 2. The Labute approximate surface area is 108 Å². The average molecular weight is 250 g/mol. The summed E-state index contributed by atoms with van der Waals surface area (Å²) in [5.41, 5.74) is 7.71. The van der Waals surface area contributed by atoms with Crippen molar-refractivity contribution in [1.29, 1.82) is 0 Å². The van der Waals surface area contributed by atoms with Crippen LogP contribution in [0.5, 0.6) is 5.75 Å². The van der Waals surface area contributed by atoms with Crippen molar-refractivity contribution in [1.82, 2.24) is 0 Å². The monoisotopic (exact) mass is 250 g/mol. The topological polar surface area (TPSA) is 58.7 Å². The van der Waals surface area contributed by atoms with E-state index in [0.717, 1.165) is 37.4 Å². The molecule has 1 aliphatic heterocycles. The molecule has 0 radical (unpaired) electrons. The van der Waals surface area contributed by atoms with Crippen molar-refractivity contribution in [2.24, 2.45) is 5.92 Å². The quantitative estimate of drug-likeness (QED) is 0.801. The molecule has 1 fully saturated rings. The molecule has 18 heavy (non-hydrogen) atoms. The summed E-state index contributed by atoms with van der Waals surface area (Å²) in [6.07, 6.45) is 2.09. The summed E-state index contributed by atoms with van der Waals surface area (Å²) in [6, 6.07) is 5.95. The van der Waals surface area contributed by atoms with Crippen LogP contribution in [0.1, 0.15) is 19.8 Å². The number of ether oxygens (including phenoxy) is 1. The highest BCUT2D eigenvalue weighted by Gasteiger charge is 2.19. The number of aliphatic hydroxyl groups is 1. The first-order valence-electron chi connectivity index (χ1n) is 6.62. The Kier molecular flexibility index (Phi) is 4.31. The second kappa shape index (κ2) is 5.96. The molecule has 4 nitrogen and oxygen atoms in total. The third kappa shape index (κ3) is 2.88. The fourth-order valence-electron chi connectivity index (χ4n) is 2.37. The van der Waals surface area contributed by atoms with E-state index >= 15 is 0 Å². The maximum atomic E-state index is 9.14. The molecule has 3 N–H and O–H groups in total. The van der Waals surface area contributed by atoms with Crippen LogP contribution in [0, 0.1) is 5.92 Å². The van der Waals surface area contributed by atoms with Crippen molar-refractivity contribution in [2.45, 2.75) is 19.8 Å². The van der Waals surface area contributed by atoms with Gasteiger partial charge in [0.1, 0.15) is 5.75 Å². The van der Waals surface area contributed by atoms with E-state index in [1.165, 1.54) is 0 Å². The van der Waals surface area contributed by atoms with Gasteiger partial charge in [-0.15, -0.1) is 0 Å². The molecule has 1 saturated heterocycles. The van der Waals surface area contributed by atoms with Crippen LogP contribution < -0.4 is 15.4 Å². The van der Waals surface area contributed by atoms with Gasteiger partial charge in [0.25, 0.3) is 0 Å². The van der Waals surface area contributed by atoms with Crippen LogP contribution in [0.3, 0.4) is 0 Å². The highest BCUT2D eigenvalue weighted by atomic mass is 16.5. The first-order valence-corrected chi connectivity index (χ1v) is 6.62. The van der Waals surface area contributed by atoms with Gasteiger partial charge < -0.3 is 20.5 Å². The molecule has 0 amide bonds. The molecule has 100 valence electrons. The fourth-order valence-corrected chi connectivity index (χ4v) is 2.37. The normalized spacial score (nSPS) is 16.9. The molecular formula is C14H22N2O2. The Morgan fingerprint density at radius 1 is 1.39 bits per heavy atom. The Morgan fingerprint density at radius 3 is 2.72 bits per heavy atom. The minimum Gasteiger partial charge on any atom is -0.492 e. The molecule has 1 aliphatic rings. The van der Waals surface area contributed by atoms with Gasteiger partial charge in [0, 0.05) is 31.5 Å². The third-order valence-corrected chi connectivity index (χ3v) is 3.53. The van der Waals surface area contributed by atoms with Gasteiger partial charge in [-0.25, -0.2) is 0 Å². The maximum absolute atomic E-state index is 9.14. The summed E-state index contributed by atoms with van der Waals surface area (Å²) in [5, 5.41) is 9.14. The van der Waals surface area contributed by atoms with Gasteiger partial charge in [0.2, 0.25) is 0 Å². The van der Waals surface area contributed by atoms with E-state index in [-0.39, 0.29) is 0 Å². The van der Waals surface area contributed by atoms with Crippen molar-refractivity contribution in [2.75, 3.05) is 36.9 Å². The van der Waals surface area contributed by atoms with Crippen LogP contribution in [0.25, 0.3) is 0 Å². The number of benzene rings is 1. The summed E-state index contributed by atoms with van der Waals surface area (Å²) >= 11 is 0. The molecular weight excluding hydrogens is 228 g/mol. The van der Waals surface area contributed by atoms with Gasteiger partial charge in [0.15, 0.2) is 0 Å². The lowest BCUT2D eigenvalue weighted by Gasteiger charge is -2.33. The van der Waals surface area contributed by atoms with Crippen LogP contribution in [0.15, 0.2) is 18.2 Å². The SMILES string of the molecule is CCOc1cc(N2CCC(CO)CC2)ccc1N. The van der Waals surface area contributed by atoms with Gasteiger partial charge in [-0.2, -0.15) is 0 Å². The molecule has 0 saturated carbocycles. The number of aliphatic hydroxyl groups excluding tert-OH is 1. The van der Waals surface area contributed by atoms with Gasteiger partial charge in [0.05, 0.1) is 12.3 Å². The maximum Gasteiger partial charge on any atom is 0.144 e. The summed E-state index contributed by atoms with van der Waals surface area (Å²) < 4.78 is 5.52. The molecule has 1 aromatic rings. The van der Waals surface area contributed by atoms with E-state index in [9.17, 15) is 0 Å². The summed E-state index contributed by atoms with van der Waals surface area (Å²) in [7, 11) is 0. The molecule has 0 unspecified atom stereocenters. The Morgan fingerprint density at radius 2 is 2.11 bits per heavy atom. The van der Waals surface area contributed by atoms with E-state index in [1.807, 2.05) is 25.1 Å². The van der Waals surface area contributed by atoms with Crippen LogP contribution in [0.2, 0.25) is 0 Å². The van der Waals surface area contributed by atoms with Gasteiger partial charge in [-0.3, -0.25) is 0 Å². The largest absolute Gasteiger partial charge is 0.492 e. The lowest BCUT2D eigenvalue weighted by Crippen LogP contribution is -2.34. The molecule has 1 aromatic carbocycles. The lowest BCUT2D eigenvalue weighted by molar-refractivity contribution is 0.203. The van der Waals surface area contributed by atoms with Crippen LogP contribution >= 0.6 is 0 Å². The zero-order valence-corrected chi connectivity index (χ0v) is 10.9. The Balaban J connectivity index is 2.07. The molecule has 2 rings (SSSR count). The van der Waals surface area contributed by atoms with Gasteiger partial charge in [-0.1, -0.05) is 0 Å². The zero-order chi connectivity index (χ0) is 13.0. The molecule has 0 aliphatic carbocycles. The first-order chi connectivity index (χ1) is 8.74. The number of nitrogens with two attached hydrogens (primary N) is 1. The third-order valence-electron chi connectivity index (χ3n) is 3.53. The highest BCUT2D eigenvalue weighted by molar-refractivity contribution is 5.62. The second-order valence-electron chi connectivity index (χ2n) is 4.77. The standard InChI is InChI=1S/C14H22N2O2/c1-2-18-14-9-12(3-4-13(14)15)16-7-5-11(10-17)6-8-16/h3-4,9,11,17H,2,5-8,10,15H2,1H3. The van der Waals surface area contributed by atoms with Crippen molar-refractivity contribution >= 4 is 11.4 Å². The van der Waals surface area contributed by atoms with Crippen LogP contribution in [0.4, 0.5) is 11.4 Å². The second-order valence-corrected chi connectivity index (χ2v) is 4.77. The van der Waals surface area contributed by atoms with E-state index in [1.54, 1.807) is 0 Å². The van der Waals surface area contributed by atoms with Crippen molar-refractivity contribution in [3.63, 3.8) is 0 Å². The number of rotatable bonds is 4. The van der Waals surface area contributed by atoms with E-state index < -0.39 is 0 Å². The van der Waals surface area contributed by atoms with Gasteiger partial charge >= 0.3 is 0 Å². The van der Waals surface area contributed by atoms with E-state index in [4.69, 9.17) is 15.6 Å². The zero-order valence-electron chi connectivity index (χ0n) is 10.9. The number of hydrogen-bond donors (Lipinski definition) is 2. The van der Waals surface area contributed by atoms with Gasteiger partial charge in [-0.05, 0) is 37.8 Å². The Bertz CT molecular complexity index is 387. The Hall–Kier alpha value is -1.42.